The van der Waals surface area contributed by atoms with Gasteiger partial charge in [-0.25, -0.2) is 4.68 Å². The number of anilines is 1. The average molecular weight is 360 g/mol. The minimum absolute atomic E-state index is 0.508. The third-order valence-electron chi connectivity index (χ3n) is 3.05. The van der Waals surface area contributed by atoms with Gasteiger partial charge in [0.1, 0.15) is 11.5 Å². The zero-order valence-corrected chi connectivity index (χ0v) is 13.3. The Morgan fingerprint density at radius 2 is 2.05 bits per heavy atom. The maximum atomic E-state index is 5.83. The van der Waals surface area contributed by atoms with Crippen LogP contribution in [0, 0.1) is 0 Å². The highest BCUT2D eigenvalue weighted by Gasteiger charge is 2.07. The van der Waals surface area contributed by atoms with Crippen LogP contribution in [0.1, 0.15) is 5.76 Å². The number of benzene rings is 1. The lowest BCUT2D eigenvalue weighted by Crippen LogP contribution is -2.07. The van der Waals surface area contributed by atoms with Crippen LogP contribution in [0.25, 0.3) is 11.3 Å². The number of aromatic nitrogens is 4. The van der Waals surface area contributed by atoms with Crippen molar-refractivity contribution in [1.29, 1.82) is 0 Å². The lowest BCUT2D eigenvalue weighted by molar-refractivity contribution is 0.529. The number of hydrogen-bond acceptors (Lipinski definition) is 5. The number of rotatable bonds is 6. The molecule has 22 heavy (non-hydrogen) atoms. The fraction of sp³-hybridized carbons (Fsp3) is 0.133. The van der Waals surface area contributed by atoms with Crippen molar-refractivity contribution >= 4 is 21.9 Å². The SMILES string of the molecule is C=CCn1nnnc1NCc1ccc(-c2ccc(Br)cc2)o1. The molecule has 0 bridgehead atoms. The first kappa shape index (κ1) is 14.5. The largest absolute Gasteiger partial charge is 0.459 e. The second-order valence-electron chi connectivity index (χ2n) is 4.60. The molecule has 0 aliphatic heterocycles. The molecular weight excluding hydrogens is 346 g/mol. The molecule has 1 aromatic carbocycles. The van der Waals surface area contributed by atoms with Gasteiger partial charge < -0.3 is 9.73 Å². The van der Waals surface area contributed by atoms with Crippen molar-refractivity contribution in [2.24, 2.45) is 0 Å². The Hall–Kier alpha value is -2.41. The molecule has 0 aliphatic carbocycles. The Morgan fingerprint density at radius 3 is 2.82 bits per heavy atom. The Kier molecular flexibility index (Phi) is 4.34. The highest BCUT2D eigenvalue weighted by atomic mass is 79.9. The molecule has 0 atom stereocenters. The molecule has 2 aromatic heterocycles. The van der Waals surface area contributed by atoms with Crippen LogP contribution in [0.3, 0.4) is 0 Å². The van der Waals surface area contributed by atoms with Gasteiger partial charge in [-0.15, -0.1) is 6.58 Å². The van der Waals surface area contributed by atoms with Crippen molar-refractivity contribution in [3.63, 3.8) is 0 Å². The quantitative estimate of drug-likeness (QED) is 0.682. The third kappa shape index (κ3) is 3.25. The van der Waals surface area contributed by atoms with Gasteiger partial charge in [0.2, 0.25) is 5.95 Å². The van der Waals surface area contributed by atoms with Crippen LogP contribution in [0.4, 0.5) is 5.95 Å². The van der Waals surface area contributed by atoms with E-state index >= 15 is 0 Å². The van der Waals surface area contributed by atoms with Gasteiger partial charge in [0.15, 0.2) is 0 Å². The molecule has 1 N–H and O–H groups in total. The van der Waals surface area contributed by atoms with Gasteiger partial charge in [0.25, 0.3) is 0 Å². The number of furan rings is 1. The maximum Gasteiger partial charge on any atom is 0.243 e. The van der Waals surface area contributed by atoms with Crippen molar-refractivity contribution in [2.75, 3.05) is 5.32 Å². The Morgan fingerprint density at radius 1 is 1.23 bits per heavy atom. The topological polar surface area (TPSA) is 68.8 Å². The summed E-state index contributed by atoms with van der Waals surface area (Å²) in [6.07, 6.45) is 1.74. The number of tetrazole rings is 1. The molecule has 2 heterocycles. The fourth-order valence-electron chi connectivity index (χ4n) is 1.98. The van der Waals surface area contributed by atoms with E-state index in [0.29, 0.717) is 19.0 Å². The van der Waals surface area contributed by atoms with Gasteiger partial charge in [0.05, 0.1) is 13.1 Å². The summed E-state index contributed by atoms with van der Waals surface area (Å²) in [5, 5.41) is 14.6. The summed E-state index contributed by atoms with van der Waals surface area (Å²) in [5.74, 6) is 2.22. The summed E-state index contributed by atoms with van der Waals surface area (Å²) in [6, 6.07) is 11.9. The molecule has 0 saturated heterocycles. The molecule has 6 nitrogen and oxygen atoms in total. The molecule has 0 spiro atoms. The van der Waals surface area contributed by atoms with Crippen molar-refractivity contribution in [1.82, 2.24) is 20.2 Å². The van der Waals surface area contributed by atoms with Crippen molar-refractivity contribution in [2.45, 2.75) is 13.1 Å². The van der Waals surface area contributed by atoms with Crippen LogP contribution in [0.15, 0.2) is 57.9 Å². The molecule has 0 radical (unpaired) electrons. The molecule has 7 heteroatoms. The predicted octanol–water partition coefficient (Wildman–Crippen LogP) is 3.49. The molecule has 0 aliphatic rings. The summed E-state index contributed by atoms with van der Waals surface area (Å²) in [4.78, 5) is 0. The molecule has 3 rings (SSSR count). The summed E-state index contributed by atoms with van der Waals surface area (Å²) < 4.78 is 8.50. The molecule has 3 aromatic rings. The van der Waals surface area contributed by atoms with Gasteiger partial charge in [-0.05, 0) is 34.7 Å². The normalized spacial score (nSPS) is 10.6. The van der Waals surface area contributed by atoms with Crippen LogP contribution >= 0.6 is 15.9 Å². The molecule has 0 saturated carbocycles. The first-order valence-corrected chi connectivity index (χ1v) is 7.51. The van der Waals surface area contributed by atoms with Gasteiger partial charge in [0, 0.05) is 10.0 Å². The number of nitrogens with zero attached hydrogens (tertiary/aromatic N) is 4. The molecule has 112 valence electrons. The number of halogens is 1. The van der Waals surface area contributed by atoms with E-state index in [1.807, 2.05) is 36.4 Å². The molecule has 0 fully saturated rings. The Bertz CT molecular complexity index is 762. The van der Waals surface area contributed by atoms with Gasteiger partial charge in [-0.2, -0.15) is 0 Å². The molecule has 0 unspecified atom stereocenters. The van der Waals surface area contributed by atoms with E-state index in [4.69, 9.17) is 4.42 Å². The van der Waals surface area contributed by atoms with E-state index in [0.717, 1.165) is 21.6 Å². The zero-order valence-electron chi connectivity index (χ0n) is 11.7. The second kappa shape index (κ2) is 6.57. The van der Waals surface area contributed by atoms with Gasteiger partial charge in [-0.1, -0.05) is 39.2 Å². The van der Waals surface area contributed by atoms with Crippen LogP contribution in [-0.4, -0.2) is 20.2 Å². The van der Waals surface area contributed by atoms with E-state index in [-0.39, 0.29) is 0 Å². The van der Waals surface area contributed by atoms with Crippen molar-refractivity contribution < 1.29 is 4.42 Å². The third-order valence-corrected chi connectivity index (χ3v) is 3.57. The summed E-state index contributed by atoms with van der Waals surface area (Å²) in [6.45, 7) is 4.73. The molecule has 0 amide bonds. The standard InChI is InChI=1S/C15H14BrN5O/c1-2-9-21-15(18-19-20-21)17-10-13-7-8-14(22-13)11-3-5-12(16)6-4-11/h2-8H,1,9-10H2,(H,17,18,20). The Balaban J connectivity index is 1.68. The summed E-state index contributed by atoms with van der Waals surface area (Å²) >= 11 is 3.42. The van der Waals surface area contributed by atoms with E-state index in [9.17, 15) is 0 Å². The van der Waals surface area contributed by atoms with E-state index in [2.05, 4.69) is 43.4 Å². The second-order valence-corrected chi connectivity index (χ2v) is 5.52. The highest BCUT2D eigenvalue weighted by Crippen LogP contribution is 2.24. The molecular formula is C15H14BrN5O. The number of allylic oxidation sites excluding steroid dienone is 1. The van der Waals surface area contributed by atoms with Crippen LogP contribution < -0.4 is 5.32 Å². The van der Waals surface area contributed by atoms with Gasteiger partial charge >= 0.3 is 0 Å². The van der Waals surface area contributed by atoms with Crippen LogP contribution in [0.5, 0.6) is 0 Å². The van der Waals surface area contributed by atoms with E-state index in [1.165, 1.54) is 0 Å². The number of nitrogens with one attached hydrogen (secondary N) is 1. The highest BCUT2D eigenvalue weighted by molar-refractivity contribution is 9.10. The minimum atomic E-state index is 0.508. The van der Waals surface area contributed by atoms with Crippen LogP contribution in [-0.2, 0) is 13.1 Å². The minimum Gasteiger partial charge on any atom is -0.459 e. The van der Waals surface area contributed by atoms with Gasteiger partial charge in [-0.3, -0.25) is 0 Å². The lowest BCUT2D eigenvalue weighted by atomic mass is 10.2. The first-order valence-electron chi connectivity index (χ1n) is 6.72. The first-order chi connectivity index (χ1) is 10.8. The number of hydrogen-bond donors (Lipinski definition) is 1. The predicted molar refractivity (Wildman–Crippen MR) is 87.2 cm³/mol. The summed E-state index contributed by atoms with van der Waals surface area (Å²) in [7, 11) is 0. The van der Waals surface area contributed by atoms with Crippen LogP contribution in [0.2, 0.25) is 0 Å². The van der Waals surface area contributed by atoms with Crippen molar-refractivity contribution in [3.05, 3.63) is 59.3 Å². The van der Waals surface area contributed by atoms with Crippen molar-refractivity contribution in [3.8, 4) is 11.3 Å². The fourth-order valence-corrected chi connectivity index (χ4v) is 2.25. The monoisotopic (exact) mass is 359 g/mol. The maximum absolute atomic E-state index is 5.83. The zero-order chi connectivity index (χ0) is 15.4. The smallest absolute Gasteiger partial charge is 0.243 e. The average Bonchev–Trinajstić information content (AvgIpc) is 3.16. The lowest BCUT2D eigenvalue weighted by Gasteiger charge is -2.03. The Labute approximate surface area is 136 Å². The summed E-state index contributed by atoms with van der Waals surface area (Å²) in [5.41, 5.74) is 1.03. The van der Waals surface area contributed by atoms with E-state index < -0.39 is 0 Å². The van der Waals surface area contributed by atoms with E-state index in [1.54, 1.807) is 10.8 Å².